The Morgan fingerprint density at radius 3 is 2.62 bits per heavy atom. The van der Waals surface area contributed by atoms with Crippen molar-refractivity contribution in [3.63, 3.8) is 0 Å². The van der Waals surface area contributed by atoms with E-state index in [-0.39, 0.29) is 11.9 Å². The van der Waals surface area contributed by atoms with Gasteiger partial charge < -0.3 is 19.8 Å². The van der Waals surface area contributed by atoms with Crippen LogP contribution in [-0.2, 0) is 0 Å². The van der Waals surface area contributed by atoms with Crippen molar-refractivity contribution in [1.82, 2.24) is 30.5 Å². The fourth-order valence-corrected chi connectivity index (χ4v) is 5.38. The van der Waals surface area contributed by atoms with Crippen LogP contribution < -0.4 is 14.8 Å². The lowest BCUT2D eigenvalue weighted by molar-refractivity contribution is 0.162. The summed E-state index contributed by atoms with van der Waals surface area (Å²) in [6.07, 6.45) is 7.48. The predicted molar refractivity (Wildman–Crippen MR) is 153 cm³/mol. The molecule has 200 valence electrons. The SMILES string of the molecule is COc1cc(F)cc(-c2cccc3[nH]c(-c4n[nH]c5cnc(-c6cncc(OC7CCNCC7)c6)cc45)cc23)c1. The summed E-state index contributed by atoms with van der Waals surface area (Å²) in [5.74, 6) is 0.872. The van der Waals surface area contributed by atoms with Gasteiger partial charge in [-0.25, -0.2) is 4.39 Å². The molecule has 40 heavy (non-hydrogen) atoms. The molecule has 0 spiro atoms. The number of benzene rings is 2. The fraction of sp³-hybridized carbons (Fsp3) is 0.194. The molecule has 5 heterocycles. The average molecular weight is 535 g/mol. The van der Waals surface area contributed by atoms with Gasteiger partial charge in [-0.1, -0.05) is 12.1 Å². The molecule has 0 aliphatic carbocycles. The molecule has 1 aliphatic rings. The van der Waals surface area contributed by atoms with Crippen LogP contribution in [0.3, 0.4) is 0 Å². The zero-order valence-electron chi connectivity index (χ0n) is 21.9. The van der Waals surface area contributed by atoms with Crippen molar-refractivity contribution in [2.45, 2.75) is 18.9 Å². The quantitative estimate of drug-likeness (QED) is 0.238. The molecule has 6 aromatic rings. The van der Waals surface area contributed by atoms with Gasteiger partial charge in [0.1, 0.15) is 29.1 Å². The number of H-pyrrole nitrogens is 2. The Kier molecular flexibility index (Phi) is 6.13. The molecule has 1 fully saturated rings. The molecular formula is C31H27FN6O2. The highest BCUT2D eigenvalue weighted by Crippen LogP contribution is 2.36. The standard InChI is InChI=1S/C31H27FN6O2/c1-39-22-10-18(9-20(32)12-22)24-3-2-4-27-25(24)13-29(36-27)31-26-14-28(35-17-30(26)37-38-31)19-11-23(16-34-15-19)40-21-5-7-33-8-6-21/h2-4,9-17,21,33,36H,5-8H2,1H3,(H,37,38). The number of halogens is 1. The van der Waals surface area contributed by atoms with Crippen LogP contribution in [0.5, 0.6) is 11.5 Å². The molecule has 0 bridgehead atoms. The van der Waals surface area contributed by atoms with Gasteiger partial charge in [-0.3, -0.25) is 15.1 Å². The van der Waals surface area contributed by atoms with Crippen molar-refractivity contribution in [1.29, 1.82) is 0 Å². The molecule has 0 saturated carbocycles. The summed E-state index contributed by atoms with van der Waals surface area (Å²) < 4.78 is 25.8. The topological polar surface area (TPSA) is 101 Å². The van der Waals surface area contributed by atoms with Crippen molar-refractivity contribution < 1.29 is 13.9 Å². The molecule has 0 amide bonds. The summed E-state index contributed by atoms with van der Waals surface area (Å²) >= 11 is 0. The van der Waals surface area contributed by atoms with Crippen LogP contribution in [0.15, 0.2) is 73.2 Å². The first-order chi connectivity index (χ1) is 19.6. The number of pyridine rings is 2. The molecule has 9 heteroatoms. The number of aromatic nitrogens is 5. The number of fused-ring (bicyclic) bond motifs is 2. The summed E-state index contributed by atoms with van der Waals surface area (Å²) in [7, 11) is 1.53. The number of nitrogens with zero attached hydrogens (tertiary/aromatic N) is 3. The molecule has 1 aliphatic heterocycles. The number of nitrogens with one attached hydrogen (secondary N) is 3. The van der Waals surface area contributed by atoms with Crippen molar-refractivity contribution in [2.24, 2.45) is 0 Å². The Hall–Kier alpha value is -4.76. The highest BCUT2D eigenvalue weighted by Gasteiger charge is 2.17. The van der Waals surface area contributed by atoms with Crippen LogP contribution in [0.2, 0.25) is 0 Å². The minimum Gasteiger partial charge on any atom is -0.497 e. The minimum absolute atomic E-state index is 0.189. The lowest BCUT2D eigenvalue weighted by Crippen LogP contribution is -2.34. The van der Waals surface area contributed by atoms with Crippen LogP contribution in [0.4, 0.5) is 4.39 Å². The van der Waals surface area contributed by atoms with Crippen LogP contribution in [-0.4, -0.2) is 51.5 Å². The van der Waals surface area contributed by atoms with Gasteiger partial charge in [0, 0.05) is 34.1 Å². The normalized spacial score (nSPS) is 14.2. The van der Waals surface area contributed by atoms with Gasteiger partial charge in [-0.2, -0.15) is 5.10 Å². The average Bonchev–Trinajstić information content (AvgIpc) is 3.61. The summed E-state index contributed by atoms with van der Waals surface area (Å²) in [4.78, 5) is 12.6. The summed E-state index contributed by atoms with van der Waals surface area (Å²) in [6.45, 7) is 1.93. The molecular weight excluding hydrogens is 507 g/mol. The Labute approximate surface area is 229 Å². The lowest BCUT2D eigenvalue weighted by Gasteiger charge is -2.23. The molecule has 3 N–H and O–H groups in total. The van der Waals surface area contributed by atoms with E-state index >= 15 is 0 Å². The number of piperidine rings is 1. The zero-order chi connectivity index (χ0) is 27.1. The Morgan fingerprint density at radius 1 is 0.875 bits per heavy atom. The Balaban J connectivity index is 1.26. The zero-order valence-corrected chi connectivity index (χ0v) is 21.9. The third-order valence-electron chi connectivity index (χ3n) is 7.38. The first-order valence-electron chi connectivity index (χ1n) is 13.3. The summed E-state index contributed by atoms with van der Waals surface area (Å²) in [5, 5.41) is 13.0. The van der Waals surface area contributed by atoms with Gasteiger partial charge in [0.2, 0.25) is 0 Å². The third-order valence-corrected chi connectivity index (χ3v) is 7.38. The van der Waals surface area contributed by atoms with Gasteiger partial charge in [-0.05, 0) is 73.5 Å². The molecule has 0 radical (unpaired) electrons. The monoisotopic (exact) mass is 534 g/mol. The number of hydrogen-bond acceptors (Lipinski definition) is 6. The molecule has 7 rings (SSSR count). The minimum atomic E-state index is -0.347. The van der Waals surface area contributed by atoms with Crippen molar-refractivity contribution in [2.75, 3.05) is 20.2 Å². The van der Waals surface area contributed by atoms with Gasteiger partial charge >= 0.3 is 0 Å². The van der Waals surface area contributed by atoms with E-state index in [1.165, 1.54) is 19.2 Å². The maximum Gasteiger partial charge on any atom is 0.138 e. The number of ether oxygens (including phenoxy) is 2. The number of methoxy groups -OCH3 is 1. The second kappa shape index (κ2) is 10.1. The maximum absolute atomic E-state index is 14.3. The van der Waals surface area contributed by atoms with E-state index in [4.69, 9.17) is 9.47 Å². The van der Waals surface area contributed by atoms with E-state index in [1.807, 2.05) is 42.5 Å². The van der Waals surface area contributed by atoms with Crippen molar-refractivity contribution in [3.8, 4) is 45.3 Å². The van der Waals surface area contributed by atoms with E-state index in [2.05, 4.69) is 30.5 Å². The van der Waals surface area contributed by atoms with E-state index in [9.17, 15) is 4.39 Å². The first-order valence-corrected chi connectivity index (χ1v) is 13.3. The van der Waals surface area contributed by atoms with Crippen molar-refractivity contribution in [3.05, 3.63) is 79.0 Å². The number of hydrogen-bond donors (Lipinski definition) is 3. The summed E-state index contributed by atoms with van der Waals surface area (Å²) in [6, 6.07) is 16.7. The highest BCUT2D eigenvalue weighted by molar-refractivity contribution is 6.01. The van der Waals surface area contributed by atoms with Crippen LogP contribution in [0, 0.1) is 5.82 Å². The van der Waals surface area contributed by atoms with Gasteiger partial charge in [0.05, 0.1) is 36.4 Å². The van der Waals surface area contributed by atoms with Crippen LogP contribution in [0.25, 0.3) is 55.6 Å². The molecule has 1 saturated heterocycles. The van der Waals surface area contributed by atoms with Crippen LogP contribution in [0.1, 0.15) is 12.8 Å². The maximum atomic E-state index is 14.3. The second-order valence-electron chi connectivity index (χ2n) is 9.99. The molecule has 0 unspecified atom stereocenters. The number of aromatic amines is 2. The largest absolute Gasteiger partial charge is 0.497 e. The number of rotatable bonds is 6. The van der Waals surface area contributed by atoms with E-state index in [0.717, 1.165) is 87.3 Å². The summed E-state index contributed by atoms with van der Waals surface area (Å²) in [5.41, 5.74) is 6.65. The van der Waals surface area contributed by atoms with Gasteiger partial charge in [0.15, 0.2) is 0 Å². The van der Waals surface area contributed by atoms with Gasteiger partial charge in [0.25, 0.3) is 0 Å². The third kappa shape index (κ3) is 4.54. The van der Waals surface area contributed by atoms with Gasteiger partial charge in [-0.15, -0.1) is 0 Å². The molecule has 0 atom stereocenters. The molecule has 4 aromatic heterocycles. The Morgan fingerprint density at radius 2 is 1.75 bits per heavy atom. The Bertz CT molecular complexity index is 1840. The highest BCUT2D eigenvalue weighted by atomic mass is 19.1. The molecule has 2 aromatic carbocycles. The lowest BCUT2D eigenvalue weighted by atomic mass is 10.0. The van der Waals surface area contributed by atoms with E-state index < -0.39 is 0 Å². The predicted octanol–water partition coefficient (Wildman–Crippen LogP) is 6.11. The first kappa shape index (κ1) is 24.3. The van der Waals surface area contributed by atoms with Crippen LogP contribution >= 0.6 is 0 Å². The molecule has 8 nitrogen and oxygen atoms in total. The van der Waals surface area contributed by atoms with E-state index in [1.54, 1.807) is 18.6 Å². The smallest absolute Gasteiger partial charge is 0.138 e. The fourth-order valence-electron chi connectivity index (χ4n) is 5.38. The second-order valence-corrected chi connectivity index (χ2v) is 9.99. The van der Waals surface area contributed by atoms with Crippen molar-refractivity contribution >= 4 is 21.8 Å². The van der Waals surface area contributed by atoms with E-state index in [0.29, 0.717) is 5.75 Å².